The van der Waals surface area contributed by atoms with Crippen LogP contribution in [0.15, 0.2) is 36.8 Å². The highest BCUT2D eigenvalue weighted by Gasteiger charge is 2.09. The summed E-state index contributed by atoms with van der Waals surface area (Å²) in [5.41, 5.74) is 1.31. The van der Waals surface area contributed by atoms with E-state index in [1.807, 2.05) is 0 Å². The number of nitrogens with one attached hydrogen (secondary N) is 2. The number of hydrogen-bond donors (Lipinski definition) is 2. The number of carbonyl (C=O) groups is 1. The van der Waals surface area contributed by atoms with Gasteiger partial charge in [-0.15, -0.1) is 0 Å². The number of hydrogen-bond acceptors (Lipinski definition) is 5. The number of anilines is 1. The van der Waals surface area contributed by atoms with Crippen molar-refractivity contribution in [2.75, 3.05) is 19.0 Å². The van der Waals surface area contributed by atoms with E-state index in [0.717, 1.165) is 12.8 Å². The van der Waals surface area contributed by atoms with Crippen LogP contribution < -0.4 is 20.1 Å². The first-order chi connectivity index (χ1) is 12.6. The largest absolute Gasteiger partial charge is 0.493 e. The molecule has 2 rings (SSSR count). The summed E-state index contributed by atoms with van der Waals surface area (Å²) in [4.78, 5) is 20.1. The van der Waals surface area contributed by atoms with Gasteiger partial charge in [-0.25, -0.2) is 4.79 Å². The third-order valence-electron chi connectivity index (χ3n) is 3.65. The Morgan fingerprint density at radius 2 is 2.08 bits per heavy atom. The van der Waals surface area contributed by atoms with Gasteiger partial charge in [-0.1, -0.05) is 13.8 Å². The Morgan fingerprint density at radius 3 is 2.77 bits per heavy atom. The average molecular weight is 358 g/mol. The van der Waals surface area contributed by atoms with Crippen molar-refractivity contribution in [3.63, 3.8) is 0 Å². The minimum absolute atomic E-state index is 0.300. The number of amides is 2. The Labute approximate surface area is 154 Å². The zero-order chi connectivity index (χ0) is 18.8. The van der Waals surface area contributed by atoms with Gasteiger partial charge in [0.2, 0.25) is 0 Å². The SMILES string of the molecule is COc1ccc(NC(=O)NCc2cnccn2)cc1OCCCC(C)C. The van der Waals surface area contributed by atoms with Crippen LogP contribution >= 0.6 is 0 Å². The zero-order valence-corrected chi connectivity index (χ0v) is 15.5. The molecule has 0 atom stereocenters. The van der Waals surface area contributed by atoms with Crippen LogP contribution in [0.2, 0.25) is 0 Å². The van der Waals surface area contributed by atoms with Crippen LogP contribution in [-0.4, -0.2) is 29.7 Å². The van der Waals surface area contributed by atoms with Crippen LogP contribution in [0, 0.1) is 5.92 Å². The fourth-order valence-electron chi connectivity index (χ4n) is 2.31. The molecule has 26 heavy (non-hydrogen) atoms. The topological polar surface area (TPSA) is 85.4 Å². The molecule has 0 saturated heterocycles. The molecule has 7 heteroatoms. The fourth-order valence-corrected chi connectivity index (χ4v) is 2.31. The third kappa shape index (κ3) is 6.58. The van der Waals surface area contributed by atoms with E-state index in [4.69, 9.17) is 9.47 Å². The van der Waals surface area contributed by atoms with Gasteiger partial charge < -0.3 is 20.1 Å². The van der Waals surface area contributed by atoms with Gasteiger partial charge in [-0.2, -0.15) is 0 Å². The molecule has 0 saturated carbocycles. The van der Waals surface area contributed by atoms with Crippen molar-refractivity contribution >= 4 is 11.7 Å². The average Bonchev–Trinajstić information content (AvgIpc) is 2.64. The third-order valence-corrected chi connectivity index (χ3v) is 3.65. The number of nitrogens with zero attached hydrogens (tertiary/aromatic N) is 2. The Kier molecular flexibility index (Phi) is 7.67. The van der Waals surface area contributed by atoms with Gasteiger partial charge in [-0.05, 0) is 30.9 Å². The number of benzene rings is 1. The molecule has 0 aliphatic rings. The summed E-state index contributed by atoms with van der Waals surface area (Å²) in [6, 6.07) is 4.97. The smallest absolute Gasteiger partial charge is 0.319 e. The van der Waals surface area contributed by atoms with Crippen molar-refractivity contribution in [2.45, 2.75) is 33.2 Å². The molecular formula is C19H26N4O3. The number of methoxy groups -OCH3 is 1. The molecule has 1 aromatic heterocycles. The molecule has 1 heterocycles. The molecule has 0 radical (unpaired) electrons. The molecule has 0 unspecified atom stereocenters. The molecule has 0 bridgehead atoms. The molecule has 2 aromatic rings. The van der Waals surface area contributed by atoms with Crippen molar-refractivity contribution in [1.29, 1.82) is 0 Å². The quantitative estimate of drug-likeness (QED) is 0.669. The lowest BCUT2D eigenvalue weighted by Gasteiger charge is -2.13. The number of rotatable bonds is 9. The number of carbonyl (C=O) groups excluding carboxylic acids is 1. The minimum Gasteiger partial charge on any atom is -0.493 e. The van der Waals surface area contributed by atoms with Gasteiger partial charge in [0.05, 0.1) is 32.2 Å². The molecule has 0 fully saturated rings. The van der Waals surface area contributed by atoms with Crippen LogP contribution in [0.5, 0.6) is 11.5 Å². The fraction of sp³-hybridized carbons (Fsp3) is 0.421. The second kappa shape index (κ2) is 10.2. The van der Waals surface area contributed by atoms with Crippen LogP contribution in [0.25, 0.3) is 0 Å². The first kappa shape index (κ1) is 19.5. The molecule has 1 aromatic carbocycles. The Morgan fingerprint density at radius 1 is 1.23 bits per heavy atom. The summed E-state index contributed by atoms with van der Waals surface area (Å²) < 4.78 is 11.1. The Bertz CT molecular complexity index is 692. The molecule has 140 valence electrons. The Hall–Kier alpha value is -2.83. The van der Waals surface area contributed by atoms with E-state index in [1.165, 1.54) is 0 Å². The molecular weight excluding hydrogens is 332 g/mol. The van der Waals surface area contributed by atoms with E-state index in [2.05, 4.69) is 34.4 Å². The standard InChI is InChI=1S/C19H26N4O3/c1-14(2)5-4-10-26-18-11-15(6-7-17(18)25-3)23-19(24)22-13-16-12-20-8-9-21-16/h6-9,11-12,14H,4-5,10,13H2,1-3H3,(H2,22,23,24). The van der Waals surface area contributed by atoms with Crippen LogP contribution in [0.4, 0.5) is 10.5 Å². The van der Waals surface area contributed by atoms with Crippen LogP contribution in [0.1, 0.15) is 32.4 Å². The number of urea groups is 1. The van der Waals surface area contributed by atoms with E-state index in [-0.39, 0.29) is 6.03 Å². The van der Waals surface area contributed by atoms with Crippen LogP contribution in [-0.2, 0) is 6.54 Å². The highest BCUT2D eigenvalue weighted by Crippen LogP contribution is 2.30. The second-order valence-electron chi connectivity index (χ2n) is 6.25. The molecule has 2 N–H and O–H groups in total. The maximum atomic E-state index is 12.0. The lowest BCUT2D eigenvalue weighted by molar-refractivity contribution is 0.251. The van der Waals surface area contributed by atoms with Crippen molar-refractivity contribution in [1.82, 2.24) is 15.3 Å². The van der Waals surface area contributed by atoms with Crippen molar-refractivity contribution in [3.05, 3.63) is 42.5 Å². The summed E-state index contributed by atoms with van der Waals surface area (Å²) >= 11 is 0. The van der Waals surface area contributed by atoms with Crippen molar-refractivity contribution in [3.8, 4) is 11.5 Å². The van der Waals surface area contributed by atoms with Crippen molar-refractivity contribution < 1.29 is 14.3 Å². The predicted molar refractivity (Wildman–Crippen MR) is 100 cm³/mol. The van der Waals surface area contributed by atoms with Gasteiger partial charge in [-0.3, -0.25) is 9.97 Å². The first-order valence-electron chi connectivity index (χ1n) is 8.69. The molecule has 0 spiro atoms. The van der Waals surface area contributed by atoms with Gasteiger partial charge in [0, 0.05) is 24.1 Å². The molecule has 7 nitrogen and oxygen atoms in total. The molecule has 0 aliphatic carbocycles. The lowest BCUT2D eigenvalue weighted by atomic mass is 10.1. The summed E-state index contributed by atoms with van der Waals surface area (Å²) in [6.45, 7) is 5.28. The van der Waals surface area contributed by atoms with Gasteiger partial charge >= 0.3 is 6.03 Å². The van der Waals surface area contributed by atoms with Gasteiger partial charge in [0.25, 0.3) is 0 Å². The lowest BCUT2D eigenvalue weighted by Crippen LogP contribution is -2.28. The predicted octanol–water partition coefficient (Wildman–Crippen LogP) is 3.62. The number of aromatic nitrogens is 2. The van der Waals surface area contributed by atoms with Crippen LogP contribution in [0.3, 0.4) is 0 Å². The molecule has 0 aliphatic heterocycles. The highest BCUT2D eigenvalue weighted by molar-refractivity contribution is 5.89. The van der Waals surface area contributed by atoms with E-state index in [0.29, 0.717) is 41.9 Å². The summed E-state index contributed by atoms with van der Waals surface area (Å²) in [5.74, 6) is 1.90. The second-order valence-corrected chi connectivity index (χ2v) is 6.25. The van der Waals surface area contributed by atoms with Gasteiger partial charge in [0.15, 0.2) is 11.5 Å². The van der Waals surface area contributed by atoms with Gasteiger partial charge in [0.1, 0.15) is 0 Å². The van der Waals surface area contributed by atoms with E-state index in [9.17, 15) is 4.79 Å². The maximum absolute atomic E-state index is 12.0. The van der Waals surface area contributed by atoms with Crippen molar-refractivity contribution in [2.24, 2.45) is 5.92 Å². The summed E-state index contributed by atoms with van der Waals surface area (Å²) in [7, 11) is 1.59. The van der Waals surface area contributed by atoms with E-state index in [1.54, 1.807) is 43.9 Å². The summed E-state index contributed by atoms with van der Waals surface area (Å²) in [6.07, 6.45) is 6.85. The number of ether oxygens (including phenoxy) is 2. The highest BCUT2D eigenvalue weighted by atomic mass is 16.5. The normalized spacial score (nSPS) is 10.5. The summed E-state index contributed by atoms with van der Waals surface area (Å²) in [5, 5.41) is 5.51. The maximum Gasteiger partial charge on any atom is 0.319 e. The minimum atomic E-state index is -0.327. The monoisotopic (exact) mass is 358 g/mol. The molecule has 2 amide bonds. The van der Waals surface area contributed by atoms with E-state index >= 15 is 0 Å². The zero-order valence-electron chi connectivity index (χ0n) is 15.5. The Balaban J connectivity index is 1.89. The van der Waals surface area contributed by atoms with E-state index < -0.39 is 0 Å². The first-order valence-corrected chi connectivity index (χ1v) is 8.69.